The number of ether oxygens (including phenoxy) is 1. The van der Waals surface area contributed by atoms with Crippen molar-refractivity contribution < 1.29 is 4.74 Å². The fourth-order valence-electron chi connectivity index (χ4n) is 2.67. The lowest BCUT2D eigenvalue weighted by Gasteiger charge is -2.17. The third kappa shape index (κ3) is 2.64. The van der Waals surface area contributed by atoms with Crippen LogP contribution in [0, 0.1) is 0 Å². The third-order valence-electron chi connectivity index (χ3n) is 3.75. The molecule has 20 heavy (non-hydrogen) atoms. The van der Waals surface area contributed by atoms with Gasteiger partial charge in [0.25, 0.3) is 0 Å². The molecule has 2 N–H and O–H groups in total. The lowest BCUT2D eigenvalue weighted by molar-refractivity contribution is 0.277. The van der Waals surface area contributed by atoms with Crippen molar-refractivity contribution in [1.82, 2.24) is 0 Å². The van der Waals surface area contributed by atoms with Gasteiger partial charge in [0.1, 0.15) is 5.75 Å². The highest BCUT2D eigenvalue weighted by Gasteiger charge is 2.29. The molecule has 0 fully saturated rings. The molecular formula is C16H15Cl2NO. The molecule has 0 spiro atoms. The summed E-state index contributed by atoms with van der Waals surface area (Å²) in [6.45, 7) is 0.552. The summed E-state index contributed by atoms with van der Waals surface area (Å²) in [6, 6.07) is 13.8. The van der Waals surface area contributed by atoms with Gasteiger partial charge >= 0.3 is 0 Å². The monoisotopic (exact) mass is 307 g/mol. The smallest absolute Gasteiger partial charge is 0.120 e. The van der Waals surface area contributed by atoms with Crippen LogP contribution in [0.2, 0.25) is 10.0 Å². The predicted molar refractivity (Wildman–Crippen MR) is 82.8 cm³/mol. The maximum absolute atomic E-state index is 6.22. The van der Waals surface area contributed by atoms with Gasteiger partial charge in [0.2, 0.25) is 0 Å². The molecule has 0 bridgehead atoms. The van der Waals surface area contributed by atoms with Crippen LogP contribution in [0.5, 0.6) is 5.75 Å². The quantitative estimate of drug-likeness (QED) is 0.929. The maximum atomic E-state index is 6.22. The standard InChI is InChI=1S/C16H15Cl2NO/c17-14-6-5-11(8-15(14)18)20-9-13-12-4-2-1-3-10(12)7-16(13)19/h1-6,8,13,16H,7,9,19H2/t13-,16+/m1/s1. The highest BCUT2D eigenvalue weighted by Crippen LogP contribution is 2.33. The van der Waals surface area contributed by atoms with E-state index in [0.717, 1.165) is 12.2 Å². The Morgan fingerprint density at radius 2 is 1.90 bits per heavy atom. The number of hydrogen-bond donors (Lipinski definition) is 1. The Morgan fingerprint density at radius 1 is 1.10 bits per heavy atom. The fraction of sp³-hybridized carbons (Fsp3) is 0.250. The number of hydrogen-bond acceptors (Lipinski definition) is 2. The maximum Gasteiger partial charge on any atom is 0.120 e. The zero-order valence-corrected chi connectivity index (χ0v) is 12.4. The molecule has 0 unspecified atom stereocenters. The number of nitrogens with two attached hydrogens (primary N) is 1. The molecule has 0 aromatic heterocycles. The highest BCUT2D eigenvalue weighted by molar-refractivity contribution is 6.42. The van der Waals surface area contributed by atoms with E-state index in [-0.39, 0.29) is 12.0 Å². The summed E-state index contributed by atoms with van der Waals surface area (Å²) in [5.41, 5.74) is 8.83. The molecular weight excluding hydrogens is 293 g/mol. The van der Waals surface area contributed by atoms with Crippen LogP contribution in [0.15, 0.2) is 42.5 Å². The molecule has 0 saturated heterocycles. The normalized spacial score (nSPS) is 20.8. The van der Waals surface area contributed by atoms with E-state index >= 15 is 0 Å². The average Bonchev–Trinajstić information content (AvgIpc) is 2.76. The van der Waals surface area contributed by atoms with Gasteiger partial charge in [-0.15, -0.1) is 0 Å². The Kier molecular flexibility index (Phi) is 3.88. The van der Waals surface area contributed by atoms with Crippen molar-refractivity contribution in [1.29, 1.82) is 0 Å². The minimum Gasteiger partial charge on any atom is -0.493 e. The van der Waals surface area contributed by atoms with E-state index < -0.39 is 0 Å². The molecule has 0 radical (unpaired) electrons. The van der Waals surface area contributed by atoms with Crippen molar-refractivity contribution in [3.63, 3.8) is 0 Å². The molecule has 1 aliphatic rings. The Bertz CT molecular complexity index is 630. The predicted octanol–water partition coefficient (Wildman–Crippen LogP) is 4.04. The van der Waals surface area contributed by atoms with Crippen LogP contribution in [0.1, 0.15) is 17.0 Å². The Labute approximate surface area is 128 Å². The molecule has 2 atom stereocenters. The van der Waals surface area contributed by atoms with Gasteiger partial charge in [-0.25, -0.2) is 0 Å². The zero-order valence-electron chi connectivity index (χ0n) is 10.9. The minimum atomic E-state index is 0.107. The second kappa shape index (κ2) is 5.65. The first-order valence-corrected chi connectivity index (χ1v) is 7.32. The van der Waals surface area contributed by atoms with Crippen molar-refractivity contribution >= 4 is 23.2 Å². The summed E-state index contributed by atoms with van der Waals surface area (Å²) in [4.78, 5) is 0. The van der Waals surface area contributed by atoms with Crippen LogP contribution in [0.25, 0.3) is 0 Å². The van der Waals surface area contributed by atoms with Crippen LogP contribution in [0.4, 0.5) is 0 Å². The third-order valence-corrected chi connectivity index (χ3v) is 4.49. The van der Waals surface area contributed by atoms with Crippen molar-refractivity contribution in [2.24, 2.45) is 5.73 Å². The molecule has 0 aliphatic heterocycles. The summed E-state index contributed by atoms with van der Waals surface area (Å²) in [7, 11) is 0. The molecule has 0 saturated carbocycles. The first-order valence-electron chi connectivity index (χ1n) is 6.56. The highest BCUT2D eigenvalue weighted by atomic mass is 35.5. The molecule has 4 heteroatoms. The van der Waals surface area contributed by atoms with Gasteiger partial charge in [0.15, 0.2) is 0 Å². The van der Waals surface area contributed by atoms with Gasteiger partial charge in [0.05, 0.1) is 16.7 Å². The van der Waals surface area contributed by atoms with Crippen molar-refractivity contribution in [2.45, 2.75) is 18.4 Å². The van der Waals surface area contributed by atoms with Gasteiger partial charge in [-0.3, -0.25) is 0 Å². The Morgan fingerprint density at radius 3 is 2.70 bits per heavy atom. The van der Waals surface area contributed by atoms with E-state index in [2.05, 4.69) is 12.1 Å². The molecule has 2 aromatic rings. The van der Waals surface area contributed by atoms with Crippen LogP contribution in [-0.2, 0) is 6.42 Å². The molecule has 0 heterocycles. The molecule has 1 aliphatic carbocycles. The minimum absolute atomic E-state index is 0.107. The Balaban J connectivity index is 1.74. The average molecular weight is 308 g/mol. The second-order valence-electron chi connectivity index (χ2n) is 5.06. The van der Waals surface area contributed by atoms with Crippen molar-refractivity contribution in [3.8, 4) is 5.75 Å². The lowest BCUT2D eigenvalue weighted by Crippen LogP contribution is -2.28. The van der Waals surface area contributed by atoms with Crippen LogP contribution >= 0.6 is 23.2 Å². The topological polar surface area (TPSA) is 35.2 Å². The van der Waals surface area contributed by atoms with E-state index in [1.807, 2.05) is 18.2 Å². The second-order valence-corrected chi connectivity index (χ2v) is 5.87. The molecule has 104 valence electrons. The van der Waals surface area contributed by atoms with Gasteiger partial charge < -0.3 is 10.5 Å². The van der Waals surface area contributed by atoms with E-state index in [9.17, 15) is 0 Å². The largest absolute Gasteiger partial charge is 0.493 e. The van der Waals surface area contributed by atoms with E-state index in [1.165, 1.54) is 11.1 Å². The number of rotatable bonds is 3. The van der Waals surface area contributed by atoms with E-state index in [0.29, 0.717) is 16.7 Å². The number of fused-ring (bicyclic) bond motifs is 1. The summed E-state index contributed by atoms with van der Waals surface area (Å²) >= 11 is 11.9. The van der Waals surface area contributed by atoms with Gasteiger partial charge in [-0.05, 0) is 29.7 Å². The van der Waals surface area contributed by atoms with E-state index in [4.69, 9.17) is 33.7 Å². The lowest BCUT2D eigenvalue weighted by atomic mass is 10.00. The zero-order chi connectivity index (χ0) is 14.1. The van der Waals surface area contributed by atoms with Gasteiger partial charge in [-0.1, -0.05) is 47.5 Å². The molecule has 2 nitrogen and oxygen atoms in total. The first kappa shape index (κ1) is 13.7. The van der Waals surface area contributed by atoms with Crippen LogP contribution in [0.3, 0.4) is 0 Å². The first-order chi connectivity index (χ1) is 9.65. The SMILES string of the molecule is N[C@H]1Cc2ccccc2[C@H]1COc1ccc(Cl)c(Cl)c1. The summed E-state index contributed by atoms with van der Waals surface area (Å²) < 4.78 is 5.83. The molecule has 3 rings (SSSR count). The van der Waals surface area contributed by atoms with Gasteiger partial charge in [0, 0.05) is 18.0 Å². The van der Waals surface area contributed by atoms with E-state index in [1.54, 1.807) is 12.1 Å². The molecule has 2 aromatic carbocycles. The fourth-order valence-corrected chi connectivity index (χ4v) is 2.96. The molecule has 0 amide bonds. The van der Waals surface area contributed by atoms with Crippen LogP contribution < -0.4 is 10.5 Å². The summed E-state index contributed by atoms with van der Waals surface area (Å²) in [5, 5.41) is 1.03. The van der Waals surface area contributed by atoms with Crippen molar-refractivity contribution in [3.05, 3.63) is 63.6 Å². The van der Waals surface area contributed by atoms with Gasteiger partial charge in [-0.2, -0.15) is 0 Å². The summed E-state index contributed by atoms with van der Waals surface area (Å²) in [5.74, 6) is 0.941. The van der Waals surface area contributed by atoms with Crippen molar-refractivity contribution in [2.75, 3.05) is 6.61 Å². The Hall–Kier alpha value is -1.22. The number of benzene rings is 2. The van der Waals surface area contributed by atoms with Crippen LogP contribution in [-0.4, -0.2) is 12.6 Å². The number of halogens is 2. The summed E-state index contributed by atoms with van der Waals surface area (Å²) in [6.07, 6.45) is 0.908.